The Morgan fingerprint density at radius 2 is 1.78 bits per heavy atom. The maximum atomic E-state index is 10.8. The highest BCUT2D eigenvalue weighted by Crippen LogP contribution is 2.25. The Kier molecular flexibility index (Phi) is 4.24. The van der Waals surface area contributed by atoms with Crippen LogP contribution in [0.4, 0.5) is 0 Å². The van der Waals surface area contributed by atoms with Gasteiger partial charge in [-0.05, 0) is 25.1 Å². The lowest BCUT2D eigenvalue weighted by Gasteiger charge is -2.07. The quantitative estimate of drug-likeness (QED) is 0.778. The van der Waals surface area contributed by atoms with Crippen LogP contribution in [0.25, 0.3) is 16.9 Å². The fourth-order valence-electron chi connectivity index (χ4n) is 2.48. The average molecular weight is 306 g/mol. The lowest BCUT2D eigenvalue weighted by molar-refractivity contribution is -0.136. The van der Waals surface area contributed by atoms with Crippen molar-refractivity contribution in [3.05, 3.63) is 71.9 Å². The number of aliphatic carboxylic acids is 1. The van der Waals surface area contributed by atoms with Crippen molar-refractivity contribution in [3.63, 3.8) is 0 Å². The van der Waals surface area contributed by atoms with E-state index in [-0.39, 0.29) is 6.42 Å². The number of hydrogen-bond donors (Lipinski definition) is 1. The lowest BCUT2D eigenvalue weighted by Crippen LogP contribution is -2.01. The largest absolute Gasteiger partial charge is 0.481 e. The highest BCUT2D eigenvalue weighted by molar-refractivity contribution is 5.67. The van der Waals surface area contributed by atoms with E-state index < -0.39 is 5.97 Å². The Balaban J connectivity index is 2.05. The number of carbonyl (C=O) groups is 1. The number of rotatable bonds is 5. The molecule has 3 rings (SSSR count). The number of carboxylic acid groups (broad SMARTS) is 1. The topological polar surface area (TPSA) is 55.1 Å². The minimum atomic E-state index is -0.809. The Morgan fingerprint density at radius 1 is 1.09 bits per heavy atom. The first-order chi connectivity index (χ1) is 11.1. The normalized spacial score (nSPS) is 10.7. The summed E-state index contributed by atoms with van der Waals surface area (Å²) in [5.74, 6) is -0.809. The van der Waals surface area contributed by atoms with Gasteiger partial charge in [-0.15, -0.1) is 0 Å². The van der Waals surface area contributed by atoms with E-state index in [0.717, 1.165) is 22.6 Å². The van der Waals surface area contributed by atoms with Gasteiger partial charge >= 0.3 is 5.97 Å². The molecule has 2 aromatic carbocycles. The smallest absolute Gasteiger partial charge is 0.303 e. The van der Waals surface area contributed by atoms with Crippen LogP contribution in [0.2, 0.25) is 0 Å². The van der Waals surface area contributed by atoms with E-state index in [1.165, 1.54) is 5.56 Å². The fourth-order valence-corrected chi connectivity index (χ4v) is 2.48. The molecule has 0 atom stereocenters. The average Bonchev–Trinajstić information content (AvgIpc) is 2.99. The van der Waals surface area contributed by atoms with Gasteiger partial charge in [-0.1, -0.05) is 48.0 Å². The van der Waals surface area contributed by atoms with Crippen LogP contribution in [0.3, 0.4) is 0 Å². The molecule has 0 unspecified atom stereocenters. The summed E-state index contributed by atoms with van der Waals surface area (Å²) in [7, 11) is 0. The van der Waals surface area contributed by atoms with E-state index in [4.69, 9.17) is 5.11 Å². The lowest BCUT2D eigenvalue weighted by atomic mass is 10.1. The number of benzene rings is 2. The molecule has 0 radical (unpaired) electrons. The minimum absolute atomic E-state index is 0.0825. The summed E-state index contributed by atoms with van der Waals surface area (Å²) in [6, 6.07) is 20.1. The molecule has 116 valence electrons. The standard InChI is InChI=1S/C19H18N2O2/c1-14-7-9-15(10-8-14)18-13-16(11-12-19(22)23)20-21(18)17-5-3-2-4-6-17/h2-10,13H,11-12H2,1H3,(H,22,23). The van der Waals surface area contributed by atoms with Crippen LogP contribution in [0.1, 0.15) is 17.7 Å². The summed E-state index contributed by atoms with van der Waals surface area (Å²) < 4.78 is 1.88. The van der Waals surface area contributed by atoms with Gasteiger partial charge in [-0.3, -0.25) is 4.79 Å². The molecule has 3 aromatic rings. The summed E-state index contributed by atoms with van der Waals surface area (Å²) in [6.45, 7) is 2.05. The van der Waals surface area contributed by atoms with Crippen molar-refractivity contribution in [2.24, 2.45) is 0 Å². The second-order valence-corrected chi connectivity index (χ2v) is 5.53. The zero-order valence-electron chi connectivity index (χ0n) is 12.9. The zero-order chi connectivity index (χ0) is 16.2. The maximum Gasteiger partial charge on any atom is 0.303 e. The number of para-hydroxylation sites is 1. The van der Waals surface area contributed by atoms with Crippen LogP contribution in [0.15, 0.2) is 60.7 Å². The summed E-state index contributed by atoms with van der Waals surface area (Å²) in [5.41, 5.74) is 4.98. The van der Waals surface area contributed by atoms with Gasteiger partial charge in [0.2, 0.25) is 0 Å². The third-order valence-corrected chi connectivity index (χ3v) is 3.70. The van der Waals surface area contributed by atoms with Crippen molar-refractivity contribution in [2.45, 2.75) is 19.8 Å². The number of aromatic nitrogens is 2. The highest BCUT2D eigenvalue weighted by Gasteiger charge is 2.12. The number of aryl methyl sites for hydroxylation is 2. The first kappa shape index (κ1) is 15.0. The molecule has 0 saturated carbocycles. The van der Waals surface area contributed by atoms with Crippen molar-refractivity contribution in [3.8, 4) is 16.9 Å². The Labute approximate surface area is 135 Å². The zero-order valence-corrected chi connectivity index (χ0v) is 12.9. The van der Waals surface area contributed by atoms with Crippen LogP contribution in [-0.2, 0) is 11.2 Å². The molecular weight excluding hydrogens is 288 g/mol. The maximum absolute atomic E-state index is 10.8. The molecule has 1 N–H and O–H groups in total. The van der Waals surface area contributed by atoms with Crippen molar-refractivity contribution < 1.29 is 9.90 Å². The molecule has 4 heteroatoms. The predicted octanol–water partition coefficient (Wildman–Crippen LogP) is 3.86. The van der Waals surface area contributed by atoms with Crippen molar-refractivity contribution in [1.82, 2.24) is 9.78 Å². The molecule has 1 aromatic heterocycles. The molecule has 0 spiro atoms. The number of carboxylic acids is 1. The molecule has 0 bridgehead atoms. The Morgan fingerprint density at radius 3 is 2.43 bits per heavy atom. The monoisotopic (exact) mass is 306 g/mol. The first-order valence-electron chi connectivity index (χ1n) is 7.57. The van der Waals surface area contributed by atoms with Crippen LogP contribution in [-0.4, -0.2) is 20.9 Å². The molecule has 23 heavy (non-hydrogen) atoms. The van der Waals surface area contributed by atoms with Crippen LogP contribution in [0, 0.1) is 6.92 Å². The van der Waals surface area contributed by atoms with Crippen LogP contribution in [0.5, 0.6) is 0 Å². The van der Waals surface area contributed by atoms with Gasteiger partial charge in [0.1, 0.15) is 0 Å². The van der Waals surface area contributed by atoms with Crippen LogP contribution < -0.4 is 0 Å². The second-order valence-electron chi connectivity index (χ2n) is 5.53. The molecule has 4 nitrogen and oxygen atoms in total. The Hall–Kier alpha value is -2.88. The molecule has 0 aliphatic carbocycles. The molecule has 0 fully saturated rings. The van der Waals surface area contributed by atoms with Gasteiger partial charge in [0.05, 0.1) is 23.5 Å². The van der Waals surface area contributed by atoms with Gasteiger partial charge in [0.15, 0.2) is 0 Å². The van der Waals surface area contributed by atoms with Gasteiger partial charge in [-0.25, -0.2) is 4.68 Å². The van der Waals surface area contributed by atoms with Crippen molar-refractivity contribution >= 4 is 5.97 Å². The molecule has 0 aliphatic heterocycles. The number of hydrogen-bond acceptors (Lipinski definition) is 2. The first-order valence-corrected chi connectivity index (χ1v) is 7.57. The summed E-state index contributed by atoms with van der Waals surface area (Å²) in [4.78, 5) is 10.8. The predicted molar refractivity (Wildman–Crippen MR) is 89.7 cm³/mol. The van der Waals surface area contributed by atoms with E-state index >= 15 is 0 Å². The van der Waals surface area contributed by atoms with Crippen LogP contribution >= 0.6 is 0 Å². The van der Waals surface area contributed by atoms with Crippen molar-refractivity contribution in [2.75, 3.05) is 0 Å². The van der Waals surface area contributed by atoms with E-state index in [9.17, 15) is 4.79 Å². The SMILES string of the molecule is Cc1ccc(-c2cc(CCC(=O)O)nn2-c2ccccc2)cc1. The minimum Gasteiger partial charge on any atom is -0.481 e. The summed E-state index contributed by atoms with van der Waals surface area (Å²) in [5, 5.41) is 13.5. The van der Waals surface area contributed by atoms with Gasteiger partial charge in [0.25, 0.3) is 0 Å². The van der Waals surface area contributed by atoms with Gasteiger partial charge in [-0.2, -0.15) is 5.10 Å². The Bertz CT molecular complexity index is 805. The molecule has 0 amide bonds. The van der Waals surface area contributed by atoms with E-state index in [0.29, 0.717) is 6.42 Å². The summed E-state index contributed by atoms with van der Waals surface area (Å²) >= 11 is 0. The third-order valence-electron chi connectivity index (χ3n) is 3.70. The molecule has 0 aliphatic rings. The fraction of sp³-hybridized carbons (Fsp3) is 0.158. The third kappa shape index (κ3) is 3.48. The second kappa shape index (κ2) is 6.48. The van der Waals surface area contributed by atoms with E-state index in [1.807, 2.05) is 41.1 Å². The van der Waals surface area contributed by atoms with Crippen molar-refractivity contribution in [1.29, 1.82) is 0 Å². The summed E-state index contributed by atoms with van der Waals surface area (Å²) in [6.07, 6.45) is 0.507. The van der Waals surface area contributed by atoms with E-state index in [2.05, 4.69) is 36.3 Å². The molecule has 1 heterocycles. The number of nitrogens with zero attached hydrogens (tertiary/aromatic N) is 2. The highest BCUT2D eigenvalue weighted by atomic mass is 16.4. The molecule has 0 saturated heterocycles. The molecular formula is C19H18N2O2. The van der Waals surface area contributed by atoms with Gasteiger partial charge < -0.3 is 5.11 Å². The van der Waals surface area contributed by atoms with Gasteiger partial charge in [0, 0.05) is 12.0 Å². The van der Waals surface area contributed by atoms with E-state index in [1.54, 1.807) is 0 Å².